The van der Waals surface area contributed by atoms with Crippen LogP contribution in [0.2, 0.25) is 0 Å². The van der Waals surface area contributed by atoms with Gasteiger partial charge in [-0.1, -0.05) is 6.07 Å². The lowest BCUT2D eigenvalue weighted by molar-refractivity contribution is -0.0368. The van der Waals surface area contributed by atoms with Crippen LogP contribution in [-0.2, 0) is 4.74 Å². The molecule has 6 rings (SSSR count). The van der Waals surface area contributed by atoms with E-state index < -0.39 is 5.60 Å². The second-order valence-corrected chi connectivity index (χ2v) is 16.6. The fraction of sp³-hybridized carbons (Fsp3) is 0.459. The summed E-state index contributed by atoms with van der Waals surface area (Å²) in [5.41, 5.74) is 11.0. The first kappa shape index (κ1) is 35.5. The number of nitrogen functional groups attached to an aromatic ring is 1. The van der Waals surface area contributed by atoms with Gasteiger partial charge in [0.15, 0.2) is 6.29 Å². The Labute approximate surface area is 306 Å². The van der Waals surface area contributed by atoms with Gasteiger partial charge in [-0.25, -0.2) is 4.79 Å². The van der Waals surface area contributed by atoms with Gasteiger partial charge >= 0.3 is 6.09 Å². The van der Waals surface area contributed by atoms with Crippen molar-refractivity contribution < 1.29 is 19.1 Å². The molecule has 0 unspecified atom stereocenters. The molecule has 0 bridgehead atoms. The largest absolute Gasteiger partial charge is 0.457 e. The molecule has 0 saturated carbocycles. The molecule has 2 N–H and O–H groups in total. The van der Waals surface area contributed by atoms with E-state index in [0.29, 0.717) is 28.5 Å². The van der Waals surface area contributed by atoms with Crippen LogP contribution in [0.4, 0.5) is 16.2 Å². The summed E-state index contributed by atoms with van der Waals surface area (Å²) >= 11 is 2.17. The Morgan fingerprint density at radius 1 is 1.06 bits per heavy atom. The third kappa shape index (κ3) is 8.18. The fourth-order valence-corrected chi connectivity index (χ4v) is 8.61. The standard InChI is InChI=1S/C37H47IN6O4S/c1-36(2,3)48-35(46)42-14-11-26(12-15-42)19-41-22-37(23-41)24-43(25-37)28-7-6-8-29(18-28)47-34-10-9-27(39)17-31(34)32(20-40(4)5)30-13-16-44(49-38)33(30)21-45/h6-10,13,16-18,20-21,26H,11-12,14-15,19,22-25,39H2,1-5H3/b32-20+. The Kier molecular flexibility index (Phi) is 10.5. The van der Waals surface area contributed by atoms with Gasteiger partial charge in [0.05, 0.1) is 0 Å². The summed E-state index contributed by atoms with van der Waals surface area (Å²) in [4.78, 5) is 33.4. The van der Waals surface area contributed by atoms with E-state index in [0.717, 1.165) is 93.1 Å². The lowest BCUT2D eigenvalue weighted by atomic mass is 9.72. The second kappa shape index (κ2) is 14.5. The Bertz CT molecular complexity index is 1700. The number of aldehydes is 1. The summed E-state index contributed by atoms with van der Waals surface area (Å²) in [6, 6.07) is 15.9. The number of benzene rings is 2. The summed E-state index contributed by atoms with van der Waals surface area (Å²) < 4.78 is 14.0. The normalized spacial score (nSPS) is 18.2. The molecule has 3 aromatic rings. The van der Waals surface area contributed by atoms with Crippen LogP contribution in [0.15, 0.2) is 60.9 Å². The lowest BCUT2D eigenvalue weighted by Gasteiger charge is -2.61. The van der Waals surface area contributed by atoms with Gasteiger partial charge in [0, 0.05) is 142 Å². The van der Waals surface area contributed by atoms with Gasteiger partial charge in [0.25, 0.3) is 0 Å². The Morgan fingerprint density at radius 3 is 2.45 bits per heavy atom. The number of carbonyl (C=O) groups is 2. The predicted octanol–water partition coefficient (Wildman–Crippen LogP) is 7.24. The molecule has 1 amide bonds. The number of carbonyl (C=O) groups excluding carboxylic acids is 2. The number of nitrogens with two attached hydrogens (primary N) is 1. The molecule has 3 aliphatic rings. The van der Waals surface area contributed by atoms with Crippen LogP contribution in [0.3, 0.4) is 0 Å². The first-order valence-electron chi connectivity index (χ1n) is 16.8. The number of hydrogen-bond acceptors (Lipinski definition) is 9. The summed E-state index contributed by atoms with van der Waals surface area (Å²) in [6.07, 6.45) is 6.66. The molecule has 49 heavy (non-hydrogen) atoms. The molecule has 4 heterocycles. The van der Waals surface area contributed by atoms with Crippen molar-refractivity contribution in [3.05, 3.63) is 77.7 Å². The van der Waals surface area contributed by atoms with Gasteiger partial charge in [-0.15, -0.1) is 0 Å². The zero-order chi connectivity index (χ0) is 34.9. The number of likely N-dealkylation sites (tertiary alicyclic amines) is 2. The van der Waals surface area contributed by atoms with E-state index in [4.69, 9.17) is 15.2 Å². The number of aromatic nitrogens is 1. The number of anilines is 2. The van der Waals surface area contributed by atoms with Crippen molar-refractivity contribution in [1.29, 1.82) is 0 Å². The number of ether oxygens (including phenoxy) is 2. The summed E-state index contributed by atoms with van der Waals surface area (Å²) in [5.74, 6) is 2.04. The molecule has 0 aliphatic carbocycles. The zero-order valence-corrected chi connectivity index (χ0v) is 32.0. The molecule has 0 atom stereocenters. The van der Waals surface area contributed by atoms with E-state index >= 15 is 0 Å². The maximum atomic E-state index is 12.4. The highest BCUT2D eigenvalue weighted by Crippen LogP contribution is 2.44. The number of nitrogens with zero attached hydrogens (tertiary/aromatic N) is 5. The van der Waals surface area contributed by atoms with Crippen molar-refractivity contribution in [3.63, 3.8) is 0 Å². The lowest BCUT2D eigenvalue weighted by Crippen LogP contribution is -2.72. The van der Waals surface area contributed by atoms with E-state index in [1.165, 1.54) is 9.12 Å². The van der Waals surface area contributed by atoms with Crippen LogP contribution in [0.25, 0.3) is 5.57 Å². The van der Waals surface area contributed by atoms with Gasteiger partial charge in [-0.05, 0) is 75.9 Å². The van der Waals surface area contributed by atoms with Crippen LogP contribution in [0, 0.1) is 11.3 Å². The molecule has 0 radical (unpaired) electrons. The topological polar surface area (TPSA) is 96.5 Å². The third-order valence-corrected chi connectivity index (χ3v) is 11.2. The van der Waals surface area contributed by atoms with E-state index in [9.17, 15) is 9.59 Å². The third-order valence-electron chi connectivity index (χ3n) is 9.41. The highest BCUT2D eigenvalue weighted by atomic mass is 127. The quantitative estimate of drug-likeness (QED) is 0.129. The van der Waals surface area contributed by atoms with Crippen LogP contribution in [0.5, 0.6) is 11.5 Å². The van der Waals surface area contributed by atoms with Gasteiger partial charge in [-0.3, -0.25) is 8.77 Å². The predicted molar refractivity (Wildman–Crippen MR) is 207 cm³/mol. The van der Waals surface area contributed by atoms with Gasteiger partial charge in [0.2, 0.25) is 0 Å². The van der Waals surface area contributed by atoms with Crippen LogP contribution in [-0.4, -0.2) is 96.6 Å². The number of piperidine rings is 1. The molecule has 262 valence electrons. The molecular formula is C37H47IN6O4S. The summed E-state index contributed by atoms with van der Waals surface area (Å²) in [7, 11) is 5.36. The number of amides is 1. The number of halogens is 1. The minimum absolute atomic E-state index is 0.187. The maximum absolute atomic E-state index is 12.4. The van der Waals surface area contributed by atoms with Crippen molar-refractivity contribution in [3.8, 4) is 11.5 Å². The Morgan fingerprint density at radius 2 is 1.80 bits per heavy atom. The molecule has 3 saturated heterocycles. The maximum Gasteiger partial charge on any atom is 0.410 e. The average molecular weight is 799 g/mol. The van der Waals surface area contributed by atoms with E-state index in [2.05, 4.69) is 43.1 Å². The van der Waals surface area contributed by atoms with Crippen molar-refractivity contribution in [2.75, 3.05) is 70.5 Å². The first-order valence-corrected chi connectivity index (χ1v) is 20.1. The fourth-order valence-electron chi connectivity index (χ4n) is 7.26. The minimum Gasteiger partial charge on any atom is -0.457 e. The van der Waals surface area contributed by atoms with Gasteiger partial charge < -0.3 is 34.8 Å². The minimum atomic E-state index is -0.455. The molecule has 1 spiro atoms. The molecule has 10 nitrogen and oxygen atoms in total. The SMILES string of the molecule is CN(C)/C=C(/c1cc(N)ccc1Oc1cccc(N2CC3(CN(CC4CCN(C(=O)OC(C)(C)C)CC4)C3)C2)c1)c1ccn(SI)c1C=O. The highest BCUT2D eigenvalue weighted by molar-refractivity contribution is 14.2. The second-order valence-electron chi connectivity index (χ2n) is 14.9. The number of rotatable bonds is 10. The summed E-state index contributed by atoms with van der Waals surface area (Å²) in [5, 5.41) is 0. The van der Waals surface area contributed by atoms with E-state index in [1.807, 2.05) is 97.4 Å². The summed E-state index contributed by atoms with van der Waals surface area (Å²) in [6.45, 7) is 12.7. The molecule has 3 aliphatic heterocycles. The molecule has 3 fully saturated rings. The van der Waals surface area contributed by atoms with E-state index in [-0.39, 0.29) is 6.09 Å². The zero-order valence-electron chi connectivity index (χ0n) is 29.0. The van der Waals surface area contributed by atoms with Crippen LogP contribution < -0.4 is 15.4 Å². The van der Waals surface area contributed by atoms with Crippen molar-refractivity contribution in [2.45, 2.75) is 39.2 Å². The Hall–Kier alpha value is -3.36. The van der Waals surface area contributed by atoms with Gasteiger partial charge in [0.1, 0.15) is 22.8 Å². The van der Waals surface area contributed by atoms with Crippen molar-refractivity contribution in [2.24, 2.45) is 11.3 Å². The number of hydrogen-bond donors (Lipinski definition) is 1. The monoisotopic (exact) mass is 798 g/mol. The van der Waals surface area contributed by atoms with Crippen molar-refractivity contribution in [1.82, 2.24) is 18.7 Å². The molecule has 12 heteroatoms. The van der Waals surface area contributed by atoms with Crippen LogP contribution >= 0.6 is 30.3 Å². The molecule has 2 aromatic carbocycles. The highest BCUT2D eigenvalue weighted by Gasteiger charge is 2.52. The molecule has 1 aromatic heterocycles. The van der Waals surface area contributed by atoms with Crippen LogP contribution in [0.1, 0.15) is 55.2 Å². The smallest absolute Gasteiger partial charge is 0.410 e. The van der Waals surface area contributed by atoms with E-state index in [1.54, 1.807) is 0 Å². The molecular weight excluding hydrogens is 751 g/mol. The first-order chi connectivity index (χ1) is 23.3. The Balaban J connectivity index is 1.07. The van der Waals surface area contributed by atoms with Gasteiger partial charge in [-0.2, -0.15) is 0 Å². The average Bonchev–Trinajstić information content (AvgIpc) is 3.44. The van der Waals surface area contributed by atoms with Crippen molar-refractivity contribution >= 4 is 59.7 Å².